The maximum atomic E-state index is 12.0. The molecule has 25 heavy (non-hydrogen) atoms. The number of phenols is 1. The van der Waals surface area contributed by atoms with Gasteiger partial charge in [0.2, 0.25) is 5.91 Å². The largest absolute Gasteiger partial charge is 0.508 e. The van der Waals surface area contributed by atoms with Gasteiger partial charge in [0.25, 0.3) is 5.91 Å². The average molecular weight is 380 g/mol. The second-order valence-electron chi connectivity index (χ2n) is 5.19. The number of carbonyl (C=O) groups excluding carboxylic acids is 2. The van der Waals surface area contributed by atoms with Crippen molar-refractivity contribution in [1.29, 1.82) is 0 Å². The number of aromatic hydroxyl groups is 1. The Bertz CT molecular complexity index is 838. The van der Waals surface area contributed by atoms with Gasteiger partial charge in [0.1, 0.15) is 5.75 Å². The number of rotatable bonds is 5. The second kappa shape index (κ2) is 8.50. The average Bonchev–Trinajstić information content (AvgIpc) is 2.55. The van der Waals surface area contributed by atoms with Crippen LogP contribution in [0.4, 0.5) is 5.69 Å². The molecule has 0 aliphatic rings. The predicted molar refractivity (Wildman–Crippen MR) is 98.4 cm³/mol. The van der Waals surface area contributed by atoms with Gasteiger partial charge in [-0.15, -0.1) is 0 Å². The summed E-state index contributed by atoms with van der Waals surface area (Å²) >= 11 is 11.8. The summed E-state index contributed by atoms with van der Waals surface area (Å²) in [5.41, 5.74) is 3.42. The summed E-state index contributed by atoms with van der Waals surface area (Å²) < 4.78 is 0. The first-order valence-corrected chi connectivity index (χ1v) is 7.98. The van der Waals surface area contributed by atoms with E-state index in [1.54, 1.807) is 25.1 Å². The van der Waals surface area contributed by atoms with Crippen molar-refractivity contribution in [3.05, 3.63) is 58.1 Å². The van der Waals surface area contributed by atoms with Gasteiger partial charge in [0.05, 0.1) is 17.1 Å². The maximum absolute atomic E-state index is 12.0. The first-order chi connectivity index (χ1) is 11.8. The van der Waals surface area contributed by atoms with Crippen molar-refractivity contribution in [2.75, 3.05) is 5.32 Å². The highest BCUT2D eigenvalue weighted by atomic mass is 35.5. The quantitative estimate of drug-likeness (QED) is 0.544. The molecule has 0 aromatic heterocycles. The molecule has 0 heterocycles. The zero-order valence-corrected chi connectivity index (χ0v) is 14.7. The highest BCUT2D eigenvalue weighted by Gasteiger charge is 2.09. The van der Waals surface area contributed by atoms with Crippen LogP contribution in [0.25, 0.3) is 0 Å². The number of nitrogens with one attached hydrogen (secondary N) is 2. The van der Waals surface area contributed by atoms with Crippen LogP contribution in [0.1, 0.15) is 23.7 Å². The van der Waals surface area contributed by atoms with Crippen molar-refractivity contribution in [3.63, 3.8) is 0 Å². The topological polar surface area (TPSA) is 90.8 Å². The number of nitrogens with zero attached hydrogens (tertiary/aromatic N) is 1. The Hall–Kier alpha value is -2.57. The highest BCUT2D eigenvalue weighted by molar-refractivity contribution is 6.36. The van der Waals surface area contributed by atoms with E-state index >= 15 is 0 Å². The molecule has 0 atom stereocenters. The second-order valence-corrected chi connectivity index (χ2v) is 6.03. The number of carbonyl (C=O) groups is 2. The Morgan fingerprint density at radius 3 is 2.60 bits per heavy atom. The van der Waals surface area contributed by atoms with E-state index in [9.17, 15) is 14.7 Å². The Morgan fingerprint density at radius 1 is 1.16 bits per heavy atom. The zero-order valence-electron chi connectivity index (χ0n) is 13.2. The van der Waals surface area contributed by atoms with Crippen LogP contribution in [0.15, 0.2) is 47.6 Å². The van der Waals surface area contributed by atoms with Crippen LogP contribution in [-0.2, 0) is 4.79 Å². The van der Waals surface area contributed by atoms with Crippen LogP contribution < -0.4 is 10.7 Å². The van der Waals surface area contributed by atoms with Crippen LogP contribution in [0.5, 0.6) is 5.75 Å². The molecule has 0 aliphatic carbocycles. The third-order valence-electron chi connectivity index (χ3n) is 3.08. The van der Waals surface area contributed by atoms with Crippen molar-refractivity contribution in [2.45, 2.75) is 13.3 Å². The monoisotopic (exact) mass is 379 g/mol. The molecule has 0 saturated heterocycles. The summed E-state index contributed by atoms with van der Waals surface area (Å²) in [6.07, 6.45) is -0.0285. The zero-order chi connectivity index (χ0) is 18.4. The van der Waals surface area contributed by atoms with Crippen LogP contribution in [0.3, 0.4) is 0 Å². The molecule has 8 heteroatoms. The predicted octanol–water partition coefficient (Wildman–Crippen LogP) is 3.83. The van der Waals surface area contributed by atoms with Crippen LogP contribution in [0, 0.1) is 0 Å². The Kier molecular flexibility index (Phi) is 6.38. The summed E-state index contributed by atoms with van der Waals surface area (Å²) in [6.45, 7) is 1.60. The van der Waals surface area contributed by atoms with Crippen molar-refractivity contribution in [1.82, 2.24) is 5.43 Å². The Balaban J connectivity index is 1.92. The molecule has 2 amide bonds. The number of halogens is 2. The number of phenolic OH excluding ortho intramolecular Hbond substituents is 1. The first-order valence-electron chi connectivity index (χ1n) is 7.22. The molecule has 0 spiro atoms. The summed E-state index contributed by atoms with van der Waals surface area (Å²) in [4.78, 5) is 23.9. The van der Waals surface area contributed by atoms with E-state index < -0.39 is 5.91 Å². The Morgan fingerprint density at radius 2 is 1.92 bits per heavy atom. The fourth-order valence-corrected chi connectivity index (χ4v) is 2.37. The molecule has 2 aromatic rings. The van der Waals surface area contributed by atoms with E-state index in [-0.39, 0.29) is 23.6 Å². The molecular weight excluding hydrogens is 365 g/mol. The lowest BCUT2D eigenvalue weighted by Gasteiger charge is -2.07. The summed E-state index contributed by atoms with van der Waals surface area (Å²) in [7, 11) is 0. The smallest absolute Gasteiger partial charge is 0.271 e. The molecule has 0 unspecified atom stereocenters. The fraction of sp³-hybridized carbons (Fsp3) is 0.118. The number of amides is 2. The SMILES string of the molecule is C/C(CC(=O)Nc1ccc(Cl)cc1Cl)=N\NC(=O)c1cccc(O)c1. The number of hydrazone groups is 1. The molecule has 3 N–H and O–H groups in total. The summed E-state index contributed by atoms with van der Waals surface area (Å²) in [6, 6.07) is 10.6. The molecule has 2 rings (SSSR count). The number of anilines is 1. The minimum absolute atomic E-state index is 0.0208. The van der Waals surface area contributed by atoms with E-state index in [0.29, 0.717) is 21.4 Å². The van der Waals surface area contributed by atoms with Gasteiger partial charge in [-0.3, -0.25) is 9.59 Å². The Labute approximate surface area is 154 Å². The van der Waals surface area contributed by atoms with Gasteiger partial charge in [-0.25, -0.2) is 5.43 Å². The lowest BCUT2D eigenvalue weighted by Crippen LogP contribution is -2.21. The van der Waals surface area contributed by atoms with Gasteiger partial charge in [0.15, 0.2) is 0 Å². The molecule has 130 valence electrons. The summed E-state index contributed by atoms with van der Waals surface area (Å²) in [5, 5.41) is 16.7. The van der Waals surface area contributed by atoms with E-state index in [2.05, 4.69) is 15.8 Å². The van der Waals surface area contributed by atoms with Gasteiger partial charge < -0.3 is 10.4 Å². The van der Waals surface area contributed by atoms with Gasteiger partial charge in [-0.2, -0.15) is 5.10 Å². The molecule has 2 aromatic carbocycles. The lowest BCUT2D eigenvalue weighted by atomic mass is 10.2. The van der Waals surface area contributed by atoms with Crippen molar-refractivity contribution >= 4 is 46.4 Å². The molecule has 0 bridgehead atoms. The fourth-order valence-electron chi connectivity index (χ4n) is 1.92. The van der Waals surface area contributed by atoms with Crippen molar-refractivity contribution in [2.24, 2.45) is 5.10 Å². The van der Waals surface area contributed by atoms with E-state index in [4.69, 9.17) is 23.2 Å². The van der Waals surface area contributed by atoms with E-state index in [0.717, 1.165) is 0 Å². The van der Waals surface area contributed by atoms with Crippen LogP contribution in [-0.4, -0.2) is 22.6 Å². The van der Waals surface area contributed by atoms with E-state index in [1.807, 2.05) is 0 Å². The molecule has 6 nitrogen and oxygen atoms in total. The standard InChI is InChI=1S/C17H15Cl2N3O3/c1-10(21-22-17(25)11-3-2-4-13(23)8-11)7-16(24)20-15-6-5-12(18)9-14(15)19/h2-6,8-9,23H,7H2,1H3,(H,20,24)(H,22,25)/b21-10+. The first kappa shape index (κ1) is 18.8. The molecular formula is C17H15Cl2N3O3. The normalized spacial score (nSPS) is 11.1. The molecule has 0 fully saturated rings. The third-order valence-corrected chi connectivity index (χ3v) is 3.63. The molecule has 0 saturated carbocycles. The van der Waals surface area contributed by atoms with Gasteiger partial charge in [0, 0.05) is 16.3 Å². The number of hydrogen-bond acceptors (Lipinski definition) is 4. The van der Waals surface area contributed by atoms with Crippen molar-refractivity contribution < 1.29 is 14.7 Å². The summed E-state index contributed by atoms with van der Waals surface area (Å²) in [5.74, 6) is -0.846. The lowest BCUT2D eigenvalue weighted by molar-refractivity contribution is -0.115. The number of benzene rings is 2. The van der Waals surface area contributed by atoms with Crippen molar-refractivity contribution in [3.8, 4) is 5.75 Å². The minimum atomic E-state index is -0.489. The van der Waals surface area contributed by atoms with E-state index in [1.165, 1.54) is 24.3 Å². The third kappa shape index (κ3) is 5.77. The van der Waals surface area contributed by atoms with Crippen LogP contribution >= 0.6 is 23.2 Å². The molecule has 0 radical (unpaired) electrons. The van der Waals surface area contributed by atoms with Gasteiger partial charge in [-0.1, -0.05) is 29.3 Å². The maximum Gasteiger partial charge on any atom is 0.271 e. The van der Waals surface area contributed by atoms with Gasteiger partial charge in [-0.05, 0) is 43.3 Å². The highest BCUT2D eigenvalue weighted by Crippen LogP contribution is 2.25. The van der Waals surface area contributed by atoms with Gasteiger partial charge >= 0.3 is 0 Å². The minimum Gasteiger partial charge on any atom is -0.508 e. The van der Waals surface area contributed by atoms with Crippen LogP contribution in [0.2, 0.25) is 10.0 Å². The number of hydrogen-bond donors (Lipinski definition) is 3. The molecule has 0 aliphatic heterocycles.